The lowest BCUT2D eigenvalue weighted by molar-refractivity contribution is 0.420. The Balaban J connectivity index is 1.87. The molecule has 3 nitrogen and oxygen atoms in total. The highest BCUT2D eigenvalue weighted by molar-refractivity contribution is 4.73. The third-order valence-corrected chi connectivity index (χ3v) is 4.18. The van der Waals surface area contributed by atoms with Crippen molar-refractivity contribution in [3.05, 3.63) is 0 Å². The zero-order valence-electron chi connectivity index (χ0n) is 12.6. The van der Waals surface area contributed by atoms with E-state index in [-0.39, 0.29) is 0 Å². The summed E-state index contributed by atoms with van der Waals surface area (Å²) < 4.78 is 0. The van der Waals surface area contributed by atoms with Crippen molar-refractivity contribution in [2.75, 3.05) is 32.7 Å². The second-order valence-corrected chi connectivity index (χ2v) is 6.01. The van der Waals surface area contributed by atoms with E-state index in [1.54, 1.807) is 0 Å². The smallest absolute Gasteiger partial charge is 0.00792 e. The maximum atomic E-state index is 3.61. The summed E-state index contributed by atoms with van der Waals surface area (Å²) in [6.07, 6.45) is 5.31. The van der Waals surface area contributed by atoms with E-state index in [4.69, 9.17) is 0 Å². The lowest BCUT2D eigenvalue weighted by Crippen LogP contribution is -2.35. The monoisotopic (exact) mass is 255 g/mol. The largest absolute Gasteiger partial charge is 0.316 e. The molecular formula is C15H33N3. The first-order valence-corrected chi connectivity index (χ1v) is 7.87. The van der Waals surface area contributed by atoms with Gasteiger partial charge in [0.25, 0.3) is 0 Å². The average Bonchev–Trinajstić information content (AvgIpc) is 2.88. The zero-order chi connectivity index (χ0) is 13.2. The summed E-state index contributed by atoms with van der Waals surface area (Å²) in [5, 5.41) is 10.6. The van der Waals surface area contributed by atoms with Gasteiger partial charge < -0.3 is 16.0 Å². The number of hydrogen-bond acceptors (Lipinski definition) is 3. The first-order valence-electron chi connectivity index (χ1n) is 7.87. The lowest BCUT2D eigenvalue weighted by Gasteiger charge is -2.17. The summed E-state index contributed by atoms with van der Waals surface area (Å²) in [7, 11) is 0. The molecule has 1 rings (SSSR count). The third-order valence-electron chi connectivity index (χ3n) is 4.18. The molecule has 0 unspecified atom stereocenters. The molecule has 108 valence electrons. The van der Waals surface area contributed by atoms with Crippen molar-refractivity contribution in [2.24, 2.45) is 11.8 Å². The number of hydrogen-bond donors (Lipinski definition) is 3. The van der Waals surface area contributed by atoms with Gasteiger partial charge in [0.15, 0.2) is 0 Å². The maximum absolute atomic E-state index is 3.61. The van der Waals surface area contributed by atoms with Crippen molar-refractivity contribution < 1.29 is 0 Å². The normalized spacial score (nSPS) is 23.2. The second kappa shape index (κ2) is 9.76. The molecule has 0 radical (unpaired) electrons. The fourth-order valence-corrected chi connectivity index (χ4v) is 2.44. The molecule has 3 heteroatoms. The highest BCUT2D eigenvalue weighted by Crippen LogP contribution is 2.10. The van der Waals surface area contributed by atoms with E-state index >= 15 is 0 Å². The van der Waals surface area contributed by atoms with Crippen LogP contribution >= 0.6 is 0 Å². The van der Waals surface area contributed by atoms with Gasteiger partial charge in [-0.05, 0) is 57.7 Å². The SMILES string of the molecule is CC[C@@H](C)CC[C@H](C)NCCNC[C@H]1CCNC1. The zero-order valence-corrected chi connectivity index (χ0v) is 12.6. The molecule has 1 fully saturated rings. The molecule has 0 aromatic carbocycles. The number of rotatable bonds is 10. The van der Waals surface area contributed by atoms with Gasteiger partial charge in [0.2, 0.25) is 0 Å². The van der Waals surface area contributed by atoms with Gasteiger partial charge in [-0.3, -0.25) is 0 Å². The lowest BCUT2D eigenvalue weighted by atomic mass is 10.00. The minimum absolute atomic E-state index is 0.661. The Kier molecular flexibility index (Phi) is 8.64. The summed E-state index contributed by atoms with van der Waals surface area (Å²) in [6.45, 7) is 12.7. The standard InChI is InChI=1S/C15H33N3/c1-4-13(2)5-6-14(3)18-10-9-17-12-15-7-8-16-11-15/h13-18H,4-12H2,1-3H3/t13-,14+,15+/m1/s1. The average molecular weight is 255 g/mol. The van der Waals surface area contributed by atoms with Crippen molar-refractivity contribution in [3.8, 4) is 0 Å². The summed E-state index contributed by atoms with van der Waals surface area (Å²) in [5.74, 6) is 1.73. The fourth-order valence-electron chi connectivity index (χ4n) is 2.44. The minimum atomic E-state index is 0.661. The van der Waals surface area contributed by atoms with Crippen LogP contribution in [0.1, 0.15) is 46.5 Å². The first kappa shape index (κ1) is 15.9. The molecule has 0 aromatic heterocycles. The van der Waals surface area contributed by atoms with Gasteiger partial charge in [-0.25, -0.2) is 0 Å². The van der Waals surface area contributed by atoms with Crippen LogP contribution in [-0.4, -0.2) is 38.8 Å². The molecule has 1 aliphatic heterocycles. The molecule has 3 atom stereocenters. The van der Waals surface area contributed by atoms with Gasteiger partial charge in [-0.1, -0.05) is 20.3 Å². The van der Waals surface area contributed by atoms with E-state index in [0.29, 0.717) is 6.04 Å². The Bertz CT molecular complexity index is 190. The van der Waals surface area contributed by atoms with Gasteiger partial charge in [0.05, 0.1) is 0 Å². The molecule has 0 aromatic rings. The van der Waals surface area contributed by atoms with Crippen LogP contribution in [0.15, 0.2) is 0 Å². The summed E-state index contributed by atoms with van der Waals surface area (Å²) in [5.41, 5.74) is 0. The van der Waals surface area contributed by atoms with Crippen LogP contribution in [0.4, 0.5) is 0 Å². The maximum Gasteiger partial charge on any atom is 0.00792 e. The van der Waals surface area contributed by atoms with E-state index in [1.807, 2.05) is 0 Å². The summed E-state index contributed by atoms with van der Waals surface area (Å²) >= 11 is 0. The summed E-state index contributed by atoms with van der Waals surface area (Å²) in [6, 6.07) is 0.661. The second-order valence-electron chi connectivity index (χ2n) is 6.01. The Hall–Kier alpha value is -0.120. The van der Waals surface area contributed by atoms with E-state index in [9.17, 15) is 0 Å². The molecule has 1 saturated heterocycles. The molecular weight excluding hydrogens is 222 g/mol. The van der Waals surface area contributed by atoms with Gasteiger partial charge in [0.1, 0.15) is 0 Å². The summed E-state index contributed by atoms with van der Waals surface area (Å²) in [4.78, 5) is 0. The molecule has 1 aliphatic rings. The van der Waals surface area contributed by atoms with Crippen LogP contribution < -0.4 is 16.0 Å². The molecule has 0 amide bonds. The Morgan fingerprint density at radius 2 is 2.06 bits per heavy atom. The van der Waals surface area contributed by atoms with Crippen LogP contribution in [0.3, 0.4) is 0 Å². The third kappa shape index (κ3) is 7.34. The molecule has 1 heterocycles. The van der Waals surface area contributed by atoms with Crippen LogP contribution in [0, 0.1) is 11.8 Å². The molecule has 0 spiro atoms. The highest BCUT2D eigenvalue weighted by Gasteiger charge is 2.13. The van der Waals surface area contributed by atoms with Crippen LogP contribution in [-0.2, 0) is 0 Å². The fraction of sp³-hybridized carbons (Fsp3) is 1.00. The van der Waals surface area contributed by atoms with Crippen molar-refractivity contribution in [3.63, 3.8) is 0 Å². The van der Waals surface area contributed by atoms with E-state index in [1.165, 1.54) is 45.3 Å². The minimum Gasteiger partial charge on any atom is -0.316 e. The molecule has 0 aliphatic carbocycles. The van der Waals surface area contributed by atoms with E-state index < -0.39 is 0 Å². The first-order chi connectivity index (χ1) is 8.72. The topological polar surface area (TPSA) is 36.1 Å². The van der Waals surface area contributed by atoms with Gasteiger partial charge in [-0.15, -0.1) is 0 Å². The van der Waals surface area contributed by atoms with Crippen LogP contribution in [0.5, 0.6) is 0 Å². The van der Waals surface area contributed by atoms with Crippen molar-refractivity contribution in [1.82, 2.24) is 16.0 Å². The van der Waals surface area contributed by atoms with Gasteiger partial charge in [-0.2, -0.15) is 0 Å². The molecule has 0 bridgehead atoms. The van der Waals surface area contributed by atoms with Gasteiger partial charge >= 0.3 is 0 Å². The van der Waals surface area contributed by atoms with E-state index in [0.717, 1.165) is 24.9 Å². The Morgan fingerprint density at radius 1 is 1.22 bits per heavy atom. The molecule has 18 heavy (non-hydrogen) atoms. The van der Waals surface area contributed by atoms with E-state index in [2.05, 4.69) is 36.7 Å². The number of nitrogens with one attached hydrogen (secondary N) is 3. The predicted octanol–water partition coefficient (Wildman–Crippen LogP) is 1.99. The predicted molar refractivity (Wildman–Crippen MR) is 80.0 cm³/mol. The van der Waals surface area contributed by atoms with Crippen LogP contribution in [0.2, 0.25) is 0 Å². The Labute approximate surface area is 113 Å². The van der Waals surface area contributed by atoms with Crippen LogP contribution in [0.25, 0.3) is 0 Å². The molecule has 3 N–H and O–H groups in total. The van der Waals surface area contributed by atoms with Crippen molar-refractivity contribution in [2.45, 2.75) is 52.5 Å². The quantitative estimate of drug-likeness (QED) is 0.523. The van der Waals surface area contributed by atoms with Crippen molar-refractivity contribution >= 4 is 0 Å². The van der Waals surface area contributed by atoms with Crippen molar-refractivity contribution in [1.29, 1.82) is 0 Å². The highest BCUT2D eigenvalue weighted by atomic mass is 15.0. The molecule has 0 saturated carbocycles. The van der Waals surface area contributed by atoms with Gasteiger partial charge in [0, 0.05) is 19.1 Å². The Morgan fingerprint density at radius 3 is 2.72 bits per heavy atom.